The molecule has 0 bridgehead atoms. The van der Waals surface area contributed by atoms with Gasteiger partial charge in [-0.25, -0.2) is 0 Å². The number of rotatable bonds is 5. The van der Waals surface area contributed by atoms with Gasteiger partial charge in [-0.05, 0) is 20.3 Å². The van der Waals surface area contributed by atoms with Gasteiger partial charge in [-0.3, -0.25) is 9.59 Å². The van der Waals surface area contributed by atoms with Crippen molar-refractivity contribution in [3.63, 3.8) is 0 Å². The molecule has 0 heterocycles. The molecule has 1 radical (unpaired) electrons. The maximum atomic E-state index is 11.1. The van der Waals surface area contributed by atoms with Crippen molar-refractivity contribution in [1.29, 1.82) is 0 Å². The summed E-state index contributed by atoms with van der Waals surface area (Å²) in [6.07, 6.45) is 1.05. The van der Waals surface area contributed by atoms with Crippen LogP contribution in [0.25, 0.3) is 0 Å². The summed E-state index contributed by atoms with van der Waals surface area (Å²) in [5.41, 5.74) is 0. The second-order valence-electron chi connectivity index (χ2n) is 2.56. The van der Waals surface area contributed by atoms with E-state index >= 15 is 0 Å². The third kappa shape index (κ3) is 3.51. The van der Waals surface area contributed by atoms with Gasteiger partial charge >= 0.3 is 5.97 Å². The molecule has 69 valence electrons. The molecule has 0 fully saturated rings. The van der Waals surface area contributed by atoms with Crippen LogP contribution in [-0.2, 0) is 14.3 Å². The molecule has 3 heteroatoms. The Kier molecular flexibility index (Phi) is 5.34. The molecule has 1 unspecified atom stereocenters. The van der Waals surface area contributed by atoms with E-state index in [2.05, 4.69) is 6.92 Å². The van der Waals surface area contributed by atoms with Crippen LogP contribution in [0.4, 0.5) is 0 Å². The summed E-state index contributed by atoms with van der Waals surface area (Å²) < 4.78 is 4.73. The van der Waals surface area contributed by atoms with Crippen molar-refractivity contribution in [3.05, 3.63) is 6.92 Å². The maximum absolute atomic E-state index is 11.1. The summed E-state index contributed by atoms with van der Waals surface area (Å²) >= 11 is 0. The highest BCUT2D eigenvalue weighted by Crippen LogP contribution is 2.09. The van der Waals surface area contributed by atoms with Gasteiger partial charge in [-0.2, -0.15) is 0 Å². The van der Waals surface area contributed by atoms with Crippen molar-refractivity contribution in [2.75, 3.05) is 6.61 Å². The second-order valence-corrected chi connectivity index (χ2v) is 2.56. The summed E-state index contributed by atoms with van der Waals surface area (Å²) in [6.45, 7) is 7.03. The number of hydrogen-bond acceptors (Lipinski definition) is 3. The molecular formula is C9H15O3. The van der Waals surface area contributed by atoms with Crippen LogP contribution in [0.15, 0.2) is 0 Å². The van der Waals surface area contributed by atoms with Gasteiger partial charge in [0.25, 0.3) is 0 Å². The Morgan fingerprint density at radius 3 is 2.42 bits per heavy atom. The Morgan fingerprint density at radius 1 is 1.50 bits per heavy atom. The van der Waals surface area contributed by atoms with Gasteiger partial charge in [0.1, 0.15) is 11.7 Å². The van der Waals surface area contributed by atoms with Crippen molar-refractivity contribution in [2.45, 2.75) is 26.7 Å². The number of ketones is 1. The topological polar surface area (TPSA) is 43.4 Å². The van der Waals surface area contributed by atoms with E-state index in [9.17, 15) is 9.59 Å². The lowest BCUT2D eigenvalue weighted by Crippen LogP contribution is -2.24. The van der Waals surface area contributed by atoms with Gasteiger partial charge < -0.3 is 4.74 Å². The molecule has 0 aliphatic rings. The Morgan fingerprint density at radius 2 is 2.08 bits per heavy atom. The smallest absolute Gasteiger partial charge is 0.316 e. The molecule has 0 N–H and O–H groups in total. The van der Waals surface area contributed by atoms with E-state index in [1.165, 1.54) is 6.92 Å². The summed E-state index contributed by atoms with van der Waals surface area (Å²) in [6, 6.07) is 0. The fourth-order valence-electron chi connectivity index (χ4n) is 0.934. The van der Waals surface area contributed by atoms with E-state index in [-0.39, 0.29) is 5.78 Å². The first-order valence-electron chi connectivity index (χ1n) is 4.09. The molecule has 0 saturated heterocycles. The molecule has 12 heavy (non-hydrogen) atoms. The third-order valence-corrected chi connectivity index (χ3v) is 1.55. The zero-order chi connectivity index (χ0) is 9.56. The van der Waals surface area contributed by atoms with Gasteiger partial charge in [0.05, 0.1) is 6.61 Å². The van der Waals surface area contributed by atoms with E-state index in [1.54, 1.807) is 6.92 Å². The minimum absolute atomic E-state index is 0.142. The molecule has 0 spiro atoms. The van der Waals surface area contributed by atoms with Crippen molar-refractivity contribution in [3.8, 4) is 0 Å². The van der Waals surface area contributed by atoms with Gasteiger partial charge in [0, 0.05) is 0 Å². The fraction of sp³-hybridized carbons (Fsp3) is 0.667. The van der Waals surface area contributed by atoms with Crippen molar-refractivity contribution in [1.82, 2.24) is 0 Å². The van der Waals surface area contributed by atoms with E-state index in [0.29, 0.717) is 19.4 Å². The maximum Gasteiger partial charge on any atom is 0.316 e. The third-order valence-electron chi connectivity index (χ3n) is 1.55. The molecule has 0 rings (SSSR count). The molecule has 0 aliphatic carbocycles. The Hall–Kier alpha value is -0.860. The number of carbonyl (C=O) groups is 2. The zero-order valence-electron chi connectivity index (χ0n) is 7.63. The molecule has 0 aromatic rings. The van der Waals surface area contributed by atoms with Crippen molar-refractivity contribution >= 4 is 11.8 Å². The molecular weight excluding hydrogens is 156 g/mol. The van der Waals surface area contributed by atoms with Gasteiger partial charge in [-0.15, -0.1) is 0 Å². The van der Waals surface area contributed by atoms with E-state index in [1.807, 2.05) is 0 Å². The molecule has 3 nitrogen and oxygen atoms in total. The van der Waals surface area contributed by atoms with E-state index in [4.69, 9.17) is 4.74 Å². The van der Waals surface area contributed by atoms with Gasteiger partial charge in [0.15, 0.2) is 0 Å². The predicted molar refractivity (Wildman–Crippen MR) is 45.4 cm³/mol. The van der Waals surface area contributed by atoms with Gasteiger partial charge in [0.2, 0.25) is 0 Å². The molecule has 0 aromatic carbocycles. The number of hydrogen-bond donors (Lipinski definition) is 0. The largest absolute Gasteiger partial charge is 0.465 e. The first-order chi connectivity index (χ1) is 5.63. The highest BCUT2D eigenvalue weighted by molar-refractivity contribution is 5.97. The number of Topliss-reactive ketones (excluding diaryl/α,β-unsaturated/α-hetero) is 1. The Balaban J connectivity index is 4.09. The summed E-state index contributed by atoms with van der Waals surface area (Å²) in [5, 5.41) is 0. The standard InChI is InChI=1S/C9H15O3/c1-4-6-8(7(3)10)9(11)12-5-2/h8H,1,4-6H2,2-3H3. The van der Waals surface area contributed by atoms with Crippen molar-refractivity contribution in [2.24, 2.45) is 5.92 Å². The Labute approximate surface area is 73.1 Å². The van der Waals surface area contributed by atoms with Crippen LogP contribution in [-0.4, -0.2) is 18.4 Å². The first-order valence-corrected chi connectivity index (χ1v) is 4.09. The normalized spacial score (nSPS) is 12.2. The van der Waals surface area contributed by atoms with E-state index < -0.39 is 11.9 Å². The first kappa shape index (κ1) is 11.1. The highest BCUT2D eigenvalue weighted by atomic mass is 16.5. The van der Waals surface area contributed by atoms with Crippen LogP contribution in [0.1, 0.15) is 26.7 Å². The summed E-state index contributed by atoms with van der Waals surface area (Å²) in [5.74, 6) is -1.17. The second kappa shape index (κ2) is 5.75. The molecule has 0 aliphatic heterocycles. The van der Waals surface area contributed by atoms with Crippen LogP contribution in [0.3, 0.4) is 0 Å². The lowest BCUT2D eigenvalue weighted by molar-refractivity contribution is -0.151. The highest BCUT2D eigenvalue weighted by Gasteiger charge is 2.22. The lowest BCUT2D eigenvalue weighted by Gasteiger charge is -2.10. The van der Waals surface area contributed by atoms with Gasteiger partial charge in [-0.1, -0.05) is 13.3 Å². The summed E-state index contributed by atoms with van der Waals surface area (Å²) in [4.78, 5) is 22.0. The number of carbonyl (C=O) groups excluding carboxylic acids is 2. The van der Waals surface area contributed by atoms with Crippen LogP contribution >= 0.6 is 0 Å². The average molecular weight is 171 g/mol. The van der Waals surface area contributed by atoms with Crippen LogP contribution < -0.4 is 0 Å². The van der Waals surface area contributed by atoms with Crippen molar-refractivity contribution < 1.29 is 14.3 Å². The lowest BCUT2D eigenvalue weighted by atomic mass is 10.00. The molecule has 0 saturated carbocycles. The minimum Gasteiger partial charge on any atom is -0.465 e. The summed E-state index contributed by atoms with van der Waals surface area (Å²) in [7, 11) is 0. The van der Waals surface area contributed by atoms with E-state index in [0.717, 1.165) is 0 Å². The minimum atomic E-state index is -0.609. The average Bonchev–Trinajstić information content (AvgIpc) is 1.99. The SMILES string of the molecule is [CH2]CCC(C(C)=O)C(=O)OCC. The van der Waals surface area contributed by atoms with Crippen LogP contribution in [0, 0.1) is 12.8 Å². The predicted octanol–water partition coefficient (Wildman–Crippen LogP) is 1.37. The number of ether oxygens (including phenoxy) is 1. The van der Waals surface area contributed by atoms with Crippen LogP contribution in [0.5, 0.6) is 0 Å². The Bertz CT molecular complexity index is 163. The molecule has 0 aromatic heterocycles. The fourth-order valence-corrected chi connectivity index (χ4v) is 0.934. The van der Waals surface area contributed by atoms with Crippen LogP contribution in [0.2, 0.25) is 0 Å². The monoisotopic (exact) mass is 171 g/mol. The zero-order valence-corrected chi connectivity index (χ0v) is 7.63. The molecule has 0 amide bonds. The quantitative estimate of drug-likeness (QED) is 0.463. The molecule has 1 atom stereocenters. The number of esters is 1.